The maximum Gasteiger partial charge on any atom is 0.261 e. The summed E-state index contributed by atoms with van der Waals surface area (Å²) in [7, 11) is 0. The summed E-state index contributed by atoms with van der Waals surface area (Å²) >= 11 is 1.57. The van der Waals surface area contributed by atoms with Crippen molar-refractivity contribution >= 4 is 27.3 Å². The van der Waals surface area contributed by atoms with Crippen molar-refractivity contribution in [2.24, 2.45) is 5.41 Å². The lowest BCUT2D eigenvalue weighted by Crippen LogP contribution is -2.42. The molecule has 1 amide bonds. The maximum atomic E-state index is 12.3. The molecule has 3 nitrogen and oxygen atoms in total. The van der Waals surface area contributed by atoms with E-state index < -0.39 is 0 Å². The zero-order chi connectivity index (χ0) is 14.0. The van der Waals surface area contributed by atoms with Crippen LogP contribution in [0.5, 0.6) is 0 Å². The molecule has 0 aliphatic carbocycles. The molecule has 0 saturated carbocycles. The van der Waals surface area contributed by atoms with E-state index in [-0.39, 0.29) is 11.3 Å². The largest absolute Gasteiger partial charge is 0.351 e. The molecule has 1 aromatic carbocycles. The van der Waals surface area contributed by atoms with Crippen LogP contribution in [-0.4, -0.2) is 25.5 Å². The van der Waals surface area contributed by atoms with Crippen LogP contribution >= 0.6 is 11.3 Å². The Kier molecular flexibility index (Phi) is 3.76. The van der Waals surface area contributed by atoms with Crippen LogP contribution in [0, 0.1) is 5.41 Å². The van der Waals surface area contributed by atoms with Gasteiger partial charge in [0.15, 0.2) is 0 Å². The van der Waals surface area contributed by atoms with Crippen LogP contribution < -0.4 is 10.6 Å². The zero-order valence-corrected chi connectivity index (χ0v) is 12.6. The van der Waals surface area contributed by atoms with Crippen LogP contribution in [0.4, 0.5) is 0 Å². The molecule has 0 spiro atoms. The second kappa shape index (κ2) is 5.54. The average molecular weight is 288 g/mol. The van der Waals surface area contributed by atoms with E-state index in [2.05, 4.69) is 29.7 Å². The first kappa shape index (κ1) is 13.6. The van der Waals surface area contributed by atoms with E-state index in [1.807, 2.05) is 18.2 Å². The standard InChI is InChI=1S/C16H20N2OS/c1-16(6-8-17-9-7-16)11-18-15(19)14-10-12-4-2-3-5-13(12)20-14/h2-5,10,17H,6-9,11H2,1H3,(H,18,19). The van der Waals surface area contributed by atoms with E-state index in [9.17, 15) is 4.79 Å². The van der Waals surface area contributed by atoms with Gasteiger partial charge in [-0.2, -0.15) is 0 Å². The van der Waals surface area contributed by atoms with Crippen molar-refractivity contribution in [3.05, 3.63) is 35.2 Å². The predicted molar refractivity (Wildman–Crippen MR) is 84.4 cm³/mol. The molecule has 1 saturated heterocycles. The van der Waals surface area contributed by atoms with Crippen LogP contribution in [0.3, 0.4) is 0 Å². The van der Waals surface area contributed by atoms with E-state index in [4.69, 9.17) is 0 Å². The second-order valence-corrected chi connectivity index (χ2v) is 6.98. The van der Waals surface area contributed by atoms with E-state index in [0.717, 1.165) is 42.7 Å². The van der Waals surface area contributed by atoms with Crippen molar-refractivity contribution in [3.8, 4) is 0 Å². The molecule has 1 aromatic heterocycles. The number of benzene rings is 1. The molecule has 0 radical (unpaired) electrons. The molecule has 0 atom stereocenters. The van der Waals surface area contributed by atoms with Gasteiger partial charge in [0.25, 0.3) is 5.91 Å². The van der Waals surface area contributed by atoms with Gasteiger partial charge < -0.3 is 10.6 Å². The number of piperidine rings is 1. The lowest BCUT2D eigenvalue weighted by atomic mass is 9.81. The number of nitrogens with one attached hydrogen (secondary N) is 2. The van der Waals surface area contributed by atoms with Crippen molar-refractivity contribution in [3.63, 3.8) is 0 Å². The molecule has 3 rings (SSSR count). The fourth-order valence-electron chi connectivity index (χ4n) is 2.68. The van der Waals surface area contributed by atoms with Crippen LogP contribution in [0.1, 0.15) is 29.4 Å². The van der Waals surface area contributed by atoms with Crippen molar-refractivity contribution < 1.29 is 4.79 Å². The Morgan fingerprint density at radius 1 is 1.35 bits per heavy atom. The molecule has 2 aromatic rings. The predicted octanol–water partition coefficient (Wildman–Crippen LogP) is 3.02. The third kappa shape index (κ3) is 2.86. The molecular formula is C16H20N2OS. The summed E-state index contributed by atoms with van der Waals surface area (Å²) in [5.74, 6) is 0.0611. The molecule has 0 bridgehead atoms. The highest BCUT2D eigenvalue weighted by molar-refractivity contribution is 7.20. The fraction of sp³-hybridized carbons (Fsp3) is 0.438. The molecule has 2 N–H and O–H groups in total. The number of fused-ring (bicyclic) bond motifs is 1. The quantitative estimate of drug-likeness (QED) is 0.911. The Balaban J connectivity index is 1.66. The molecule has 1 aliphatic heterocycles. The molecule has 0 unspecified atom stereocenters. The lowest BCUT2D eigenvalue weighted by Gasteiger charge is -2.34. The van der Waals surface area contributed by atoms with Crippen molar-refractivity contribution in [2.75, 3.05) is 19.6 Å². The number of carbonyl (C=O) groups excluding carboxylic acids is 1. The zero-order valence-electron chi connectivity index (χ0n) is 11.7. The summed E-state index contributed by atoms with van der Waals surface area (Å²) in [6.45, 7) is 5.13. The minimum Gasteiger partial charge on any atom is -0.351 e. The number of rotatable bonds is 3. The summed E-state index contributed by atoms with van der Waals surface area (Å²) in [6, 6.07) is 10.1. The third-order valence-corrected chi connectivity index (χ3v) is 5.25. The SMILES string of the molecule is CC1(CNC(=O)c2cc3ccccc3s2)CCNCC1. The molecule has 106 valence electrons. The van der Waals surface area contributed by atoms with Gasteiger partial charge in [0.05, 0.1) is 4.88 Å². The van der Waals surface area contributed by atoms with Gasteiger partial charge in [-0.1, -0.05) is 25.1 Å². The number of hydrogen-bond acceptors (Lipinski definition) is 3. The van der Waals surface area contributed by atoms with Gasteiger partial charge in [0, 0.05) is 11.2 Å². The van der Waals surface area contributed by atoms with Crippen molar-refractivity contribution in [1.82, 2.24) is 10.6 Å². The maximum absolute atomic E-state index is 12.3. The summed E-state index contributed by atoms with van der Waals surface area (Å²) in [4.78, 5) is 13.1. The van der Waals surface area contributed by atoms with Gasteiger partial charge >= 0.3 is 0 Å². The van der Waals surface area contributed by atoms with E-state index >= 15 is 0 Å². The highest BCUT2D eigenvalue weighted by atomic mass is 32.1. The first-order valence-corrected chi connectivity index (χ1v) is 7.95. The van der Waals surface area contributed by atoms with Gasteiger partial charge in [-0.15, -0.1) is 11.3 Å². The Morgan fingerprint density at radius 2 is 2.10 bits per heavy atom. The Hall–Kier alpha value is -1.39. The van der Waals surface area contributed by atoms with Crippen LogP contribution in [0.15, 0.2) is 30.3 Å². The molecule has 1 aliphatic rings. The highest BCUT2D eigenvalue weighted by Crippen LogP contribution is 2.28. The van der Waals surface area contributed by atoms with Crippen molar-refractivity contribution in [1.29, 1.82) is 0 Å². The summed E-state index contributed by atoms with van der Waals surface area (Å²) in [5, 5.41) is 7.63. The normalized spacial score (nSPS) is 18.1. The second-order valence-electron chi connectivity index (χ2n) is 5.89. The Bertz CT molecular complexity index is 581. The smallest absolute Gasteiger partial charge is 0.261 e. The van der Waals surface area contributed by atoms with Gasteiger partial charge in [0.1, 0.15) is 0 Å². The first-order valence-electron chi connectivity index (χ1n) is 7.14. The minimum atomic E-state index is 0.0611. The Labute approximate surface area is 123 Å². The molecule has 4 heteroatoms. The van der Waals surface area contributed by atoms with Gasteiger partial charge in [-0.3, -0.25) is 4.79 Å². The molecule has 1 fully saturated rings. The molecule has 20 heavy (non-hydrogen) atoms. The molecular weight excluding hydrogens is 268 g/mol. The summed E-state index contributed by atoms with van der Waals surface area (Å²) in [5.41, 5.74) is 0.234. The number of hydrogen-bond donors (Lipinski definition) is 2. The minimum absolute atomic E-state index is 0.0611. The van der Waals surface area contributed by atoms with E-state index in [1.54, 1.807) is 11.3 Å². The monoisotopic (exact) mass is 288 g/mol. The van der Waals surface area contributed by atoms with Crippen LogP contribution in [0.25, 0.3) is 10.1 Å². The molecule has 2 heterocycles. The van der Waals surface area contributed by atoms with Gasteiger partial charge in [-0.25, -0.2) is 0 Å². The fourth-order valence-corrected chi connectivity index (χ4v) is 3.66. The van der Waals surface area contributed by atoms with Crippen LogP contribution in [0.2, 0.25) is 0 Å². The lowest BCUT2D eigenvalue weighted by molar-refractivity contribution is 0.0926. The highest BCUT2D eigenvalue weighted by Gasteiger charge is 2.27. The summed E-state index contributed by atoms with van der Waals surface area (Å²) in [6.07, 6.45) is 2.25. The van der Waals surface area contributed by atoms with E-state index in [1.165, 1.54) is 4.70 Å². The topological polar surface area (TPSA) is 41.1 Å². The number of amides is 1. The number of thiophene rings is 1. The summed E-state index contributed by atoms with van der Waals surface area (Å²) < 4.78 is 1.17. The number of carbonyl (C=O) groups is 1. The van der Waals surface area contributed by atoms with Crippen LogP contribution in [-0.2, 0) is 0 Å². The first-order chi connectivity index (χ1) is 9.66. The van der Waals surface area contributed by atoms with E-state index in [0.29, 0.717) is 0 Å². The average Bonchev–Trinajstić information content (AvgIpc) is 2.89. The van der Waals surface area contributed by atoms with Gasteiger partial charge in [-0.05, 0) is 48.9 Å². The third-order valence-electron chi connectivity index (χ3n) is 4.14. The Morgan fingerprint density at radius 3 is 2.85 bits per heavy atom. The van der Waals surface area contributed by atoms with Gasteiger partial charge in [0.2, 0.25) is 0 Å². The van der Waals surface area contributed by atoms with Crippen molar-refractivity contribution in [2.45, 2.75) is 19.8 Å².